The number of fused-ring (bicyclic) bond motifs is 1. The smallest absolute Gasteiger partial charge is 0.321 e. The SMILES string of the molecule is O=C(Nc1ccc(-c2ccccc2)cc1)N1C[C@@H]2CCC[C@@]2(C(=O)O)C1. The Morgan fingerprint density at radius 2 is 1.73 bits per heavy atom. The lowest BCUT2D eigenvalue weighted by atomic mass is 9.81. The van der Waals surface area contributed by atoms with E-state index in [-0.39, 0.29) is 11.9 Å². The van der Waals surface area contributed by atoms with Crippen LogP contribution < -0.4 is 5.32 Å². The maximum atomic E-state index is 12.6. The molecule has 0 aromatic heterocycles. The quantitative estimate of drug-likeness (QED) is 0.876. The Morgan fingerprint density at radius 1 is 1.04 bits per heavy atom. The van der Waals surface area contributed by atoms with Crippen molar-refractivity contribution in [1.82, 2.24) is 4.90 Å². The zero-order chi connectivity index (χ0) is 18.1. The Morgan fingerprint density at radius 3 is 2.38 bits per heavy atom. The Hall–Kier alpha value is -2.82. The van der Waals surface area contributed by atoms with Crippen LogP contribution in [0.1, 0.15) is 19.3 Å². The van der Waals surface area contributed by atoms with Gasteiger partial charge in [0.15, 0.2) is 0 Å². The topological polar surface area (TPSA) is 69.6 Å². The van der Waals surface area contributed by atoms with Crippen molar-refractivity contribution in [3.63, 3.8) is 0 Å². The molecule has 2 fully saturated rings. The number of urea groups is 1. The highest BCUT2D eigenvalue weighted by Gasteiger charge is 2.55. The molecule has 134 valence electrons. The number of carbonyl (C=O) groups excluding carboxylic acids is 1. The molecule has 2 aliphatic rings. The second-order valence-electron chi connectivity index (χ2n) is 7.30. The van der Waals surface area contributed by atoms with Crippen molar-refractivity contribution in [3.8, 4) is 11.1 Å². The fraction of sp³-hybridized carbons (Fsp3) is 0.333. The van der Waals surface area contributed by atoms with Gasteiger partial charge in [-0.1, -0.05) is 48.9 Å². The lowest BCUT2D eigenvalue weighted by molar-refractivity contribution is -0.149. The zero-order valence-corrected chi connectivity index (χ0v) is 14.5. The maximum absolute atomic E-state index is 12.6. The molecule has 1 aliphatic carbocycles. The molecule has 2 amide bonds. The van der Waals surface area contributed by atoms with Crippen LogP contribution in [0, 0.1) is 11.3 Å². The van der Waals surface area contributed by atoms with Crippen molar-refractivity contribution in [3.05, 3.63) is 54.6 Å². The van der Waals surface area contributed by atoms with E-state index in [9.17, 15) is 14.7 Å². The van der Waals surface area contributed by atoms with E-state index < -0.39 is 11.4 Å². The first-order valence-electron chi connectivity index (χ1n) is 9.03. The first kappa shape index (κ1) is 16.6. The van der Waals surface area contributed by atoms with Crippen molar-refractivity contribution in [2.75, 3.05) is 18.4 Å². The van der Waals surface area contributed by atoms with Gasteiger partial charge in [0.1, 0.15) is 0 Å². The fourth-order valence-electron chi connectivity index (χ4n) is 4.37. The molecule has 1 saturated heterocycles. The number of rotatable bonds is 3. The summed E-state index contributed by atoms with van der Waals surface area (Å²) in [5.74, 6) is -0.686. The summed E-state index contributed by atoms with van der Waals surface area (Å²) in [5.41, 5.74) is 2.19. The van der Waals surface area contributed by atoms with E-state index in [1.807, 2.05) is 54.6 Å². The third-order valence-electron chi connectivity index (χ3n) is 5.83. The van der Waals surface area contributed by atoms with Gasteiger partial charge in [-0.05, 0) is 42.0 Å². The molecule has 0 unspecified atom stereocenters. The van der Waals surface area contributed by atoms with Gasteiger partial charge in [0.05, 0.1) is 5.41 Å². The number of nitrogens with zero attached hydrogens (tertiary/aromatic N) is 1. The molecule has 4 rings (SSSR count). The fourth-order valence-corrected chi connectivity index (χ4v) is 4.37. The second-order valence-corrected chi connectivity index (χ2v) is 7.30. The zero-order valence-electron chi connectivity index (χ0n) is 14.5. The largest absolute Gasteiger partial charge is 0.481 e. The third kappa shape index (κ3) is 2.83. The van der Waals surface area contributed by atoms with E-state index in [1.54, 1.807) is 4.90 Å². The number of nitrogens with one attached hydrogen (secondary N) is 1. The van der Waals surface area contributed by atoms with Crippen molar-refractivity contribution >= 4 is 17.7 Å². The molecule has 1 aliphatic heterocycles. The van der Waals surface area contributed by atoms with Crippen LogP contribution in [0.5, 0.6) is 0 Å². The van der Waals surface area contributed by atoms with Crippen LogP contribution in [0.3, 0.4) is 0 Å². The number of carboxylic acids is 1. The third-order valence-corrected chi connectivity index (χ3v) is 5.83. The van der Waals surface area contributed by atoms with Gasteiger partial charge in [0, 0.05) is 18.8 Å². The lowest BCUT2D eigenvalue weighted by Gasteiger charge is -2.23. The summed E-state index contributed by atoms with van der Waals surface area (Å²) < 4.78 is 0. The highest BCUT2D eigenvalue weighted by molar-refractivity contribution is 5.91. The molecule has 5 heteroatoms. The number of benzene rings is 2. The summed E-state index contributed by atoms with van der Waals surface area (Å²) in [7, 11) is 0. The van der Waals surface area contributed by atoms with Gasteiger partial charge in [-0.3, -0.25) is 4.79 Å². The standard InChI is InChI=1S/C21H22N2O3/c24-19(25)21-12-4-7-17(21)13-23(14-21)20(26)22-18-10-8-16(9-11-18)15-5-2-1-3-6-15/h1-3,5-6,8-11,17H,4,7,12-14H2,(H,22,26)(H,24,25)/t17-,21+/m0/s1. The number of amides is 2. The highest BCUT2D eigenvalue weighted by Crippen LogP contribution is 2.48. The molecule has 2 atom stereocenters. The Labute approximate surface area is 152 Å². The number of carbonyl (C=O) groups is 2. The van der Waals surface area contributed by atoms with E-state index in [2.05, 4.69) is 5.32 Å². The molecule has 1 heterocycles. The molecule has 0 spiro atoms. The van der Waals surface area contributed by atoms with Gasteiger partial charge in [-0.15, -0.1) is 0 Å². The average molecular weight is 350 g/mol. The number of hydrogen-bond donors (Lipinski definition) is 2. The molecule has 2 aromatic rings. The van der Waals surface area contributed by atoms with E-state index in [4.69, 9.17) is 0 Å². The molecule has 26 heavy (non-hydrogen) atoms. The average Bonchev–Trinajstić information content (AvgIpc) is 3.22. The lowest BCUT2D eigenvalue weighted by Crippen LogP contribution is -2.38. The van der Waals surface area contributed by atoms with Gasteiger partial charge in [0.25, 0.3) is 0 Å². The summed E-state index contributed by atoms with van der Waals surface area (Å²) in [6, 6.07) is 17.5. The van der Waals surface area contributed by atoms with E-state index in [0.29, 0.717) is 19.5 Å². The Balaban J connectivity index is 1.43. The normalized spacial score (nSPS) is 24.3. The summed E-state index contributed by atoms with van der Waals surface area (Å²) >= 11 is 0. The Bertz CT molecular complexity index is 819. The van der Waals surface area contributed by atoms with Crippen LogP contribution in [-0.4, -0.2) is 35.1 Å². The molecule has 2 N–H and O–H groups in total. The number of aliphatic carboxylic acids is 1. The molecular weight excluding hydrogens is 328 g/mol. The summed E-state index contributed by atoms with van der Waals surface area (Å²) in [4.78, 5) is 26.0. The number of hydrogen-bond acceptors (Lipinski definition) is 2. The van der Waals surface area contributed by atoms with E-state index in [0.717, 1.165) is 29.7 Å². The predicted molar refractivity (Wildman–Crippen MR) is 99.9 cm³/mol. The minimum absolute atomic E-state index is 0.0752. The predicted octanol–water partition coefficient (Wildman–Crippen LogP) is 4.07. The van der Waals surface area contributed by atoms with Crippen LogP contribution in [0.2, 0.25) is 0 Å². The summed E-state index contributed by atoms with van der Waals surface area (Å²) in [6.07, 6.45) is 2.50. The van der Waals surface area contributed by atoms with Gasteiger partial charge < -0.3 is 15.3 Å². The Kier molecular flexibility index (Phi) is 4.15. The molecule has 0 bridgehead atoms. The minimum Gasteiger partial charge on any atom is -0.481 e. The van der Waals surface area contributed by atoms with Crippen LogP contribution >= 0.6 is 0 Å². The van der Waals surface area contributed by atoms with E-state index in [1.165, 1.54) is 0 Å². The van der Waals surface area contributed by atoms with Crippen LogP contribution in [0.4, 0.5) is 10.5 Å². The minimum atomic E-state index is -0.762. The first-order chi connectivity index (χ1) is 12.6. The van der Waals surface area contributed by atoms with Gasteiger partial charge in [-0.2, -0.15) is 0 Å². The molecule has 2 aromatic carbocycles. The van der Waals surface area contributed by atoms with Gasteiger partial charge in [-0.25, -0.2) is 4.79 Å². The molecular formula is C21H22N2O3. The van der Waals surface area contributed by atoms with Crippen LogP contribution in [0.15, 0.2) is 54.6 Å². The van der Waals surface area contributed by atoms with Crippen LogP contribution in [0.25, 0.3) is 11.1 Å². The first-order valence-corrected chi connectivity index (χ1v) is 9.03. The van der Waals surface area contributed by atoms with Crippen molar-refractivity contribution in [1.29, 1.82) is 0 Å². The second kappa shape index (κ2) is 6.48. The van der Waals surface area contributed by atoms with E-state index >= 15 is 0 Å². The number of anilines is 1. The molecule has 0 radical (unpaired) electrons. The summed E-state index contributed by atoms with van der Waals surface area (Å²) in [5, 5.41) is 12.5. The van der Waals surface area contributed by atoms with Crippen LogP contribution in [-0.2, 0) is 4.79 Å². The summed E-state index contributed by atoms with van der Waals surface area (Å²) in [6.45, 7) is 0.834. The molecule has 5 nitrogen and oxygen atoms in total. The molecule has 1 saturated carbocycles. The monoisotopic (exact) mass is 350 g/mol. The number of carboxylic acid groups (broad SMARTS) is 1. The van der Waals surface area contributed by atoms with Gasteiger partial charge >= 0.3 is 12.0 Å². The van der Waals surface area contributed by atoms with Gasteiger partial charge in [0.2, 0.25) is 0 Å². The highest BCUT2D eigenvalue weighted by atomic mass is 16.4. The van der Waals surface area contributed by atoms with Crippen molar-refractivity contribution in [2.24, 2.45) is 11.3 Å². The number of likely N-dealkylation sites (tertiary alicyclic amines) is 1. The van der Waals surface area contributed by atoms with Crippen molar-refractivity contribution < 1.29 is 14.7 Å². The van der Waals surface area contributed by atoms with Crippen molar-refractivity contribution in [2.45, 2.75) is 19.3 Å². The maximum Gasteiger partial charge on any atom is 0.321 e.